The van der Waals surface area contributed by atoms with Crippen LogP contribution in [-0.4, -0.2) is 41.6 Å². The van der Waals surface area contributed by atoms with Crippen molar-refractivity contribution in [3.63, 3.8) is 0 Å². The van der Waals surface area contributed by atoms with Crippen molar-refractivity contribution < 1.29 is 34.1 Å². The van der Waals surface area contributed by atoms with E-state index in [1.54, 1.807) is 25.1 Å². The van der Waals surface area contributed by atoms with Crippen LogP contribution in [0.2, 0.25) is 5.02 Å². The summed E-state index contributed by atoms with van der Waals surface area (Å²) in [5.41, 5.74) is 1.02. The summed E-state index contributed by atoms with van der Waals surface area (Å²) in [6.45, 7) is 1.90. The molecular formula is C27H22ClNO7. The highest BCUT2D eigenvalue weighted by Gasteiger charge is 2.47. The predicted octanol–water partition coefficient (Wildman–Crippen LogP) is 4.86. The zero-order chi connectivity index (χ0) is 26.0. The second-order valence-corrected chi connectivity index (χ2v) is 8.31. The number of rotatable bonds is 6. The third kappa shape index (κ3) is 4.50. The number of aliphatic hydroxyl groups is 1. The van der Waals surface area contributed by atoms with Crippen LogP contribution >= 0.6 is 11.6 Å². The first-order chi connectivity index (χ1) is 17.3. The zero-order valence-corrected chi connectivity index (χ0v) is 20.2. The van der Waals surface area contributed by atoms with E-state index < -0.39 is 29.5 Å². The fourth-order valence-electron chi connectivity index (χ4n) is 4.05. The number of esters is 1. The van der Waals surface area contributed by atoms with Gasteiger partial charge in [0, 0.05) is 10.7 Å². The standard InChI is InChI=1S/C27H22ClNO7/c1-3-36-27(34)16-4-9-18(10-5-16)29-23(15-6-11-19(30)12-7-15)22(25(32)26(29)33)24(31)20-14-17(28)8-13-21(20)35-2/h4-14,23,30-31H,3H2,1-2H3/b24-22+. The molecule has 1 heterocycles. The molecule has 2 N–H and O–H groups in total. The molecule has 1 aliphatic heterocycles. The van der Waals surface area contributed by atoms with Gasteiger partial charge in [-0.3, -0.25) is 14.5 Å². The molecule has 0 radical (unpaired) electrons. The van der Waals surface area contributed by atoms with Crippen molar-refractivity contribution >= 4 is 40.7 Å². The van der Waals surface area contributed by atoms with Gasteiger partial charge >= 0.3 is 5.97 Å². The summed E-state index contributed by atoms with van der Waals surface area (Å²) in [5, 5.41) is 21.4. The first-order valence-corrected chi connectivity index (χ1v) is 11.4. The molecule has 36 heavy (non-hydrogen) atoms. The van der Waals surface area contributed by atoms with Gasteiger partial charge in [0.15, 0.2) is 0 Å². The minimum Gasteiger partial charge on any atom is -0.508 e. The van der Waals surface area contributed by atoms with Crippen LogP contribution in [-0.2, 0) is 14.3 Å². The van der Waals surface area contributed by atoms with Gasteiger partial charge in [0.2, 0.25) is 0 Å². The Morgan fingerprint density at radius 1 is 1.03 bits per heavy atom. The summed E-state index contributed by atoms with van der Waals surface area (Å²) in [4.78, 5) is 39.9. The maximum Gasteiger partial charge on any atom is 0.338 e. The molecule has 1 fully saturated rings. The molecule has 4 rings (SSSR count). The van der Waals surface area contributed by atoms with Crippen LogP contribution in [0, 0.1) is 0 Å². The number of methoxy groups -OCH3 is 1. The topological polar surface area (TPSA) is 113 Å². The number of aliphatic hydroxyl groups excluding tert-OH is 1. The Hall–Kier alpha value is -4.30. The number of aromatic hydroxyl groups is 1. The van der Waals surface area contributed by atoms with Gasteiger partial charge in [0.05, 0.1) is 36.5 Å². The summed E-state index contributed by atoms with van der Waals surface area (Å²) in [5.74, 6) is -2.52. The zero-order valence-electron chi connectivity index (χ0n) is 19.4. The smallest absolute Gasteiger partial charge is 0.338 e. The maximum atomic E-state index is 13.3. The van der Waals surface area contributed by atoms with E-state index in [0.29, 0.717) is 16.3 Å². The Morgan fingerprint density at radius 2 is 1.69 bits per heavy atom. The number of carbonyl (C=O) groups excluding carboxylic acids is 3. The van der Waals surface area contributed by atoms with E-state index in [1.165, 1.54) is 60.5 Å². The minimum absolute atomic E-state index is 0.00833. The normalized spacial score (nSPS) is 16.8. The molecule has 1 unspecified atom stereocenters. The lowest BCUT2D eigenvalue weighted by Gasteiger charge is -2.25. The van der Waals surface area contributed by atoms with E-state index in [4.69, 9.17) is 21.1 Å². The average Bonchev–Trinajstić information content (AvgIpc) is 3.14. The van der Waals surface area contributed by atoms with Crippen LogP contribution in [0.4, 0.5) is 5.69 Å². The highest BCUT2D eigenvalue weighted by atomic mass is 35.5. The largest absolute Gasteiger partial charge is 0.508 e. The number of nitrogens with zero attached hydrogens (tertiary/aromatic N) is 1. The highest BCUT2D eigenvalue weighted by Crippen LogP contribution is 2.43. The SMILES string of the molecule is CCOC(=O)c1ccc(N2C(=O)C(=O)/C(=C(/O)c3cc(Cl)ccc3OC)C2c2ccc(O)cc2)cc1. The second kappa shape index (κ2) is 10.1. The summed E-state index contributed by atoms with van der Waals surface area (Å²) in [7, 11) is 1.40. The summed E-state index contributed by atoms with van der Waals surface area (Å²) >= 11 is 6.13. The monoisotopic (exact) mass is 507 g/mol. The van der Waals surface area contributed by atoms with E-state index >= 15 is 0 Å². The van der Waals surface area contributed by atoms with Gasteiger partial charge in [-0.15, -0.1) is 0 Å². The number of hydrogen-bond donors (Lipinski definition) is 2. The number of benzene rings is 3. The minimum atomic E-state index is -1.04. The molecule has 1 saturated heterocycles. The van der Waals surface area contributed by atoms with Gasteiger partial charge in [0.25, 0.3) is 11.7 Å². The van der Waals surface area contributed by atoms with Gasteiger partial charge in [-0.25, -0.2) is 4.79 Å². The number of anilines is 1. The third-order valence-electron chi connectivity index (χ3n) is 5.73. The molecule has 0 aromatic heterocycles. The highest BCUT2D eigenvalue weighted by molar-refractivity contribution is 6.51. The van der Waals surface area contributed by atoms with Crippen LogP contribution < -0.4 is 9.64 Å². The molecular weight excluding hydrogens is 486 g/mol. The molecule has 1 atom stereocenters. The fraction of sp³-hybridized carbons (Fsp3) is 0.148. The fourth-order valence-corrected chi connectivity index (χ4v) is 4.23. The molecule has 0 aliphatic carbocycles. The van der Waals surface area contributed by atoms with Crippen molar-refractivity contribution in [2.45, 2.75) is 13.0 Å². The van der Waals surface area contributed by atoms with Crippen LogP contribution in [0.25, 0.3) is 5.76 Å². The van der Waals surface area contributed by atoms with Crippen molar-refractivity contribution in [3.8, 4) is 11.5 Å². The Labute approximate surface area is 211 Å². The molecule has 1 amide bonds. The van der Waals surface area contributed by atoms with E-state index in [0.717, 1.165) is 0 Å². The number of hydrogen-bond acceptors (Lipinski definition) is 7. The molecule has 3 aromatic rings. The summed E-state index contributed by atoms with van der Waals surface area (Å²) < 4.78 is 10.3. The number of ketones is 1. The summed E-state index contributed by atoms with van der Waals surface area (Å²) in [6.07, 6.45) is 0. The molecule has 184 valence electrons. The molecule has 0 spiro atoms. The first kappa shape index (κ1) is 24.8. The maximum absolute atomic E-state index is 13.3. The van der Waals surface area contributed by atoms with Crippen LogP contribution in [0.5, 0.6) is 11.5 Å². The van der Waals surface area contributed by atoms with Crippen molar-refractivity contribution in [3.05, 3.63) is 94.0 Å². The lowest BCUT2D eigenvalue weighted by Crippen LogP contribution is -2.29. The average molecular weight is 508 g/mol. The van der Waals surface area contributed by atoms with Gasteiger partial charge in [-0.2, -0.15) is 0 Å². The number of phenols is 1. The number of ether oxygens (including phenoxy) is 2. The van der Waals surface area contributed by atoms with Crippen molar-refractivity contribution in [2.75, 3.05) is 18.6 Å². The number of carbonyl (C=O) groups is 3. The number of Topliss-reactive ketones (excluding diaryl/α,β-unsaturated/α-hetero) is 1. The molecule has 0 bridgehead atoms. The van der Waals surface area contributed by atoms with Crippen molar-refractivity contribution in [1.82, 2.24) is 0 Å². The second-order valence-electron chi connectivity index (χ2n) is 7.87. The molecule has 1 aliphatic rings. The quantitative estimate of drug-likeness (QED) is 0.212. The Bertz CT molecular complexity index is 1360. The van der Waals surface area contributed by atoms with Gasteiger partial charge in [-0.05, 0) is 67.1 Å². The molecule has 8 nitrogen and oxygen atoms in total. The van der Waals surface area contributed by atoms with Gasteiger partial charge in [-0.1, -0.05) is 23.7 Å². The Balaban J connectivity index is 1.90. The van der Waals surface area contributed by atoms with Crippen molar-refractivity contribution in [1.29, 1.82) is 0 Å². The molecule has 0 saturated carbocycles. The lowest BCUT2D eigenvalue weighted by molar-refractivity contribution is -0.132. The van der Waals surface area contributed by atoms with Crippen LogP contribution in [0.15, 0.2) is 72.3 Å². The van der Waals surface area contributed by atoms with E-state index in [9.17, 15) is 24.6 Å². The van der Waals surface area contributed by atoms with E-state index in [2.05, 4.69) is 0 Å². The number of halogens is 1. The number of phenolic OH excluding ortho intramolecular Hbond substituents is 1. The third-order valence-corrected chi connectivity index (χ3v) is 5.96. The van der Waals surface area contributed by atoms with E-state index in [1.807, 2.05) is 0 Å². The van der Waals surface area contributed by atoms with Gasteiger partial charge in [0.1, 0.15) is 17.3 Å². The van der Waals surface area contributed by atoms with Crippen LogP contribution in [0.1, 0.15) is 34.5 Å². The lowest BCUT2D eigenvalue weighted by atomic mass is 9.94. The van der Waals surface area contributed by atoms with E-state index in [-0.39, 0.29) is 34.8 Å². The Morgan fingerprint density at radius 3 is 2.31 bits per heavy atom. The molecule has 9 heteroatoms. The van der Waals surface area contributed by atoms with Crippen LogP contribution in [0.3, 0.4) is 0 Å². The predicted molar refractivity (Wildman–Crippen MR) is 133 cm³/mol. The first-order valence-electron chi connectivity index (χ1n) is 11.0. The van der Waals surface area contributed by atoms with Crippen molar-refractivity contribution in [2.24, 2.45) is 0 Å². The Kier molecular flexibility index (Phi) is 6.98. The van der Waals surface area contributed by atoms with Gasteiger partial charge < -0.3 is 19.7 Å². The molecule has 3 aromatic carbocycles. The number of amides is 1. The summed E-state index contributed by atoms with van der Waals surface area (Å²) in [6, 6.07) is 15.4.